The van der Waals surface area contributed by atoms with Crippen molar-refractivity contribution in [2.75, 3.05) is 25.5 Å². The molecule has 7 nitrogen and oxygen atoms in total. The van der Waals surface area contributed by atoms with Gasteiger partial charge in [0, 0.05) is 25.0 Å². The summed E-state index contributed by atoms with van der Waals surface area (Å²) in [4.78, 5) is 31.8. The van der Waals surface area contributed by atoms with Crippen molar-refractivity contribution in [1.29, 1.82) is 0 Å². The minimum absolute atomic E-state index is 0.125. The second-order valence-electron chi connectivity index (χ2n) is 6.42. The van der Waals surface area contributed by atoms with Crippen LogP contribution >= 0.6 is 0 Å². The zero-order valence-electron chi connectivity index (χ0n) is 15.0. The normalized spacial score (nSPS) is 13.7. The SMILES string of the molecule is COc1ccc(NC(=O)c2nc(C(=O)N3CCCC3)c3ccccn23)cc1. The molecule has 0 bridgehead atoms. The number of pyridine rings is 1. The van der Waals surface area contributed by atoms with Crippen LogP contribution in [0.25, 0.3) is 5.52 Å². The molecule has 0 spiro atoms. The Morgan fingerprint density at radius 2 is 1.81 bits per heavy atom. The third kappa shape index (κ3) is 3.23. The van der Waals surface area contributed by atoms with Gasteiger partial charge in [-0.15, -0.1) is 0 Å². The molecule has 7 heteroatoms. The molecule has 1 saturated heterocycles. The number of nitrogens with one attached hydrogen (secondary N) is 1. The fourth-order valence-corrected chi connectivity index (χ4v) is 3.29. The Hall–Kier alpha value is -3.35. The van der Waals surface area contributed by atoms with Gasteiger partial charge in [-0.25, -0.2) is 4.98 Å². The maximum Gasteiger partial charge on any atom is 0.292 e. The second-order valence-corrected chi connectivity index (χ2v) is 6.42. The van der Waals surface area contributed by atoms with Gasteiger partial charge in [-0.2, -0.15) is 0 Å². The second kappa shape index (κ2) is 7.11. The van der Waals surface area contributed by atoms with Crippen molar-refractivity contribution < 1.29 is 14.3 Å². The lowest BCUT2D eigenvalue weighted by atomic mass is 10.3. The molecule has 3 aromatic rings. The number of hydrogen-bond acceptors (Lipinski definition) is 4. The molecule has 0 atom stereocenters. The molecule has 3 heterocycles. The number of likely N-dealkylation sites (tertiary alicyclic amines) is 1. The highest BCUT2D eigenvalue weighted by molar-refractivity contribution is 6.06. The third-order valence-electron chi connectivity index (χ3n) is 4.70. The lowest BCUT2D eigenvalue weighted by Gasteiger charge is -2.13. The van der Waals surface area contributed by atoms with Crippen LogP contribution < -0.4 is 10.1 Å². The number of carbonyl (C=O) groups is 2. The van der Waals surface area contributed by atoms with Gasteiger partial charge in [0.05, 0.1) is 12.6 Å². The number of nitrogens with zero attached hydrogens (tertiary/aromatic N) is 3. The molecule has 1 aromatic carbocycles. The van der Waals surface area contributed by atoms with Crippen molar-refractivity contribution in [3.63, 3.8) is 0 Å². The lowest BCUT2D eigenvalue weighted by molar-refractivity contribution is 0.0789. The number of rotatable bonds is 4. The predicted molar refractivity (Wildman–Crippen MR) is 101 cm³/mol. The highest BCUT2D eigenvalue weighted by atomic mass is 16.5. The van der Waals surface area contributed by atoms with Gasteiger partial charge in [-0.1, -0.05) is 6.07 Å². The standard InChI is InChI=1S/C20H20N4O3/c1-27-15-9-7-14(8-10-15)21-19(25)18-22-17(16-6-2-3-13-24(16)18)20(26)23-11-4-5-12-23/h2-3,6-10,13H,4-5,11-12H2,1H3,(H,21,25). The number of imidazole rings is 1. The van der Waals surface area contributed by atoms with Crippen molar-refractivity contribution in [3.8, 4) is 5.75 Å². The van der Waals surface area contributed by atoms with E-state index in [4.69, 9.17) is 4.74 Å². The quantitative estimate of drug-likeness (QED) is 0.772. The molecule has 138 valence electrons. The van der Waals surface area contributed by atoms with Crippen molar-refractivity contribution in [3.05, 3.63) is 60.2 Å². The molecule has 2 amide bonds. The van der Waals surface area contributed by atoms with E-state index in [1.165, 1.54) is 0 Å². The van der Waals surface area contributed by atoms with Crippen molar-refractivity contribution in [2.45, 2.75) is 12.8 Å². The van der Waals surface area contributed by atoms with Crippen LogP contribution in [0.2, 0.25) is 0 Å². The third-order valence-corrected chi connectivity index (χ3v) is 4.70. The molecule has 1 aliphatic heterocycles. The summed E-state index contributed by atoms with van der Waals surface area (Å²) in [6.07, 6.45) is 3.75. The molecule has 0 unspecified atom stereocenters. The largest absolute Gasteiger partial charge is 0.497 e. The molecular formula is C20H20N4O3. The minimum Gasteiger partial charge on any atom is -0.497 e. The highest BCUT2D eigenvalue weighted by Gasteiger charge is 2.26. The van der Waals surface area contributed by atoms with E-state index in [0.717, 1.165) is 25.9 Å². The average molecular weight is 364 g/mol. The van der Waals surface area contributed by atoms with Gasteiger partial charge in [-0.3, -0.25) is 14.0 Å². The van der Waals surface area contributed by atoms with E-state index in [1.807, 2.05) is 12.1 Å². The average Bonchev–Trinajstić information content (AvgIpc) is 3.36. The van der Waals surface area contributed by atoms with E-state index in [0.29, 0.717) is 22.6 Å². The molecule has 0 radical (unpaired) electrons. The number of methoxy groups -OCH3 is 1. The van der Waals surface area contributed by atoms with Crippen LogP contribution in [0.4, 0.5) is 5.69 Å². The molecular weight excluding hydrogens is 344 g/mol. The van der Waals surface area contributed by atoms with E-state index in [1.54, 1.807) is 52.9 Å². The predicted octanol–water partition coefficient (Wildman–Crippen LogP) is 2.83. The Morgan fingerprint density at radius 1 is 1.07 bits per heavy atom. The molecule has 1 N–H and O–H groups in total. The molecule has 27 heavy (non-hydrogen) atoms. The first kappa shape index (κ1) is 17.1. The van der Waals surface area contributed by atoms with Crippen LogP contribution in [0.15, 0.2) is 48.7 Å². The summed E-state index contributed by atoms with van der Waals surface area (Å²) in [5.41, 5.74) is 1.58. The van der Waals surface area contributed by atoms with E-state index >= 15 is 0 Å². The smallest absolute Gasteiger partial charge is 0.292 e. The number of ether oxygens (including phenoxy) is 1. The fourth-order valence-electron chi connectivity index (χ4n) is 3.29. The summed E-state index contributed by atoms with van der Waals surface area (Å²) < 4.78 is 6.78. The van der Waals surface area contributed by atoms with E-state index < -0.39 is 0 Å². The molecule has 4 rings (SSSR count). The maximum absolute atomic E-state index is 12.8. The molecule has 0 aliphatic carbocycles. The van der Waals surface area contributed by atoms with Crippen molar-refractivity contribution in [2.24, 2.45) is 0 Å². The topological polar surface area (TPSA) is 75.9 Å². The summed E-state index contributed by atoms with van der Waals surface area (Å²) in [6, 6.07) is 12.5. The number of aromatic nitrogens is 2. The highest BCUT2D eigenvalue weighted by Crippen LogP contribution is 2.20. The van der Waals surface area contributed by atoms with Gasteiger partial charge in [0.25, 0.3) is 11.8 Å². The fraction of sp³-hybridized carbons (Fsp3) is 0.250. The van der Waals surface area contributed by atoms with Crippen LogP contribution in [0.3, 0.4) is 0 Å². The lowest BCUT2D eigenvalue weighted by Crippen LogP contribution is -2.28. The summed E-state index contributed by atoms with van der Waals surface area (Å²) >= 11 is 0. The van der Waals surface area contributed by atoms with Crippen LogP contribution in [-0.4, -0.2) is 46.3 Å². The summed E-state index contributed by atoms with van der Waals surface area (Å²) in [7, 11) is 1.59. The number of anilines is 1. The van der Waals surface area contributed by atoms with Gasteiger partial charge in [0.1, 0.15) is 5.75 Å². The molecule has 1 fully saturated rings. The van der Waals surface area contributed by atoms with Gasteiger partial charge in [0.15, 0.2) is 5.69 Å². The molecule has 0 saturated carbocycles. The zero-order chi connectivity index (χ0) is 18.8. The van der Waals surface area contributed by atoms with Gasteiger partial charge in [0.2, 0.25) is 5.82 Å². The van der Waals surface area contributed by atoms with Gasteiger partial charge < -0.3 is 15.0 Å². The zero-order valence-corrected chi connectivity index (χ0v) is 15.0. The first-order chi connectivity index (χ1) is 13.2. The Morgan fingerprint density at radius 3 is 2.52 bits per heavy atom. The Labute approximate surface area is 156 Å². The number of carbonyl (C=O) groups excluding carboxylic acids is 2. The summed E-state index contributed by atoms with van der Waals surface area (Å²) in [5, 5.41) is 2.82. The van der Waals surface area contributed by atoms with Crippen LogP contribution in [0, 0.1) is 0 Å². The van der Waals surface area contributed by atoms with Crippen LogP contribution in [-0.2, 0) is 0 Å². The van der Waals surface area contributed by atoms with Gasteiger partial charge >= 0.3 is 0 Å². The van der Waals surface area contributed by atoms with E-state index in [-0.39, 0.29) is 17.6 Å². The minimum atomic E-state index is -0.373. The number of amides is 2. The van der Waals surface area contributed by atoms with E-state index in [9.17, 15) is 9.59 Å². The van der Waals surface area contributed by atoms with Crippen molar-refractivity contribution in [1.82, 2.24) is 14.3 Å². The van der Waals surface area contributed by atoms with Crippen LogP contribution in [0.1, 0.15) is 33.9 Å². The molecule has 1 aliphatic rings. The summed E-state index contributed by atoms with van der Waals surface area (Å²) in [6.45, 7) is 1.47. The maximum atomic E-state index is 12.8. The summed E-state index contributed by atoms with van der Waals surface area (Å²) in [5.74, 6) is 0.392. The van der Waals surface area contributed by atoms with Crippen LogP contribution in [0.5, 0.6) is 5.75 Å². The monoisotopic (exact) mass is 364 g/mol. The number of fused-ring (bicyclic) bond motifs is 1. The van der Waals surface area contributed by atoms with Gasteiger partial charge in [-0.05, 0) is 49.2 Å². The Kier molecular flexibility index (Phi) is 4.50. The first-order valence-electron chi connectivity index (χ1n) is 8.89. The van der Waals surface area contributed by atoms with Crippen molar-refractivity contribution >= 4 is 23.0 Å². The Balaban J connectivity index is 1.66. The Bertz CT molecular complexity index is 988. The van der Waals surface area contributed by atoms with E-state index in [2.05, 4.69) is 10.3 Å². The number of benzene rings is 1. The molecule has 2 aromatic heterocycles. The number of hydrogen-bond donors (Lipinski definition) is 1. The first-order valence-corrected chi connectivity index (χ1v) is 8.89.